The lowest BCUT2D eigenvalue weighted by atomic mass is 10.0. The van der Waals surface area contributed by atoms with Gasteiger partial charge in [-0.15, -0.1) is 6.58 Å². The van der Waals surface area contributed by atoms with Crippen molar-refractivity contribution in [2.24, 2.45) is 0 Å². The number of H-pyrrole nitrogens is 1. The van der Waals surface area contributed by atoms with Crippen molar-refractivity contribution < 1.29 is 9.84 Å². The smallest absolute Gasteiger partial charge is 0.348 e. The van der Waals surface area contributed by atoms with E-state index in [2.05, 4.69) is 21.9 Å². The Labute approximate surface area is 127 Å². The van der Waals surface area contributed by atoms with Crippen molar-refractivity contribution in [1.82, 2.24) is 15.3 Å². The van der Waals surface area contributed by atoms with Gasteiger partial charge in [0.05, 0.1) is 17.5 Å². The van der Waals surface area contributed by atoms with Crippen LogP contribution in [-0.2, 0) is 11.2 Å². The Kier molecular flexibility index (Phi) is 4.22. The van der Waals surface area contributed by atoms with Crippen LogP contribution in [-0.4, -0.2) is 40.4 Å². The summed E-state index contributed by atoms with van der Waals surface area (Å²) in [4.78, 5) is 17.6. The number of hydrogen-bond donors (Lipinski definition) is 3. The number of benzene rings is 1. The van der Waals surface area contributed by atoms with Gasteiger partial charge in [0.25, 0.3) is 0 Å². The van der Waals surface area contributed by atoms with Crippen LogP contribution in [0.3, 0.4) is 0 Å². The zero-order chi connectivity index (χ0) is 15.5. The molecule has 2 atom stereocenters. The van der Waals surface area contributed by atoms with Crippen LogP contribution < -0.4 is 11.0 Å². The molecule has 116 valence electrons. The number of nitrogens with zero attached hydrogens (tertiary/aromatic N) is 1. The third-order valence-electron chi connectivity index (χ3n) is 3.93. The van der Waals surface area contributed by atoms with Gasteiger partial charge in [0.2, 0.25) is 5.88 Å². The molecular formula is C16H19N3O3. The minimum absolute atomic E-state index is 0.0589. The van der Waals surface area contributed by atoms with Gasteiger partial charge >= 0.3 is 5.69 Å². The molecule has 1 aliphatic heterocycles. The van der Waals surface area contributed by atoms with Gasteiger partial charge in [-0.3, -0.25) is 0 Å². The van der Waals surface area contributed by atoms with Crippen molar-refractivity contribution in [3.63, 3.8) is 0 Å². The third kappa shape index (κ3) is 3.03. The summed E-state index contributed by atoms with van der Waals surface area (Å²) in [5.41, 5.74) is 0.945. The highest BCUT2D eigenvalue weighted by Gasteiger charge is 2.19. The van der Waals surface area contributed by atoms with E-state index in [1.807, 2.05) is 18.2 Å². The number of aromatic amines is 1. The molecule has 1 aliphatic rings. The molecule has 0 amide bonds. The Bertz CT molecular complexity index is 735. The van der Waals surface area contributed by atoms with E-state index in [1.54, 1.807) is 6.07 Å². The van der Waals surface area contributed by atoms with E-state index in [9.17, 15) is 9.90 Å². The lowest BCUT2D eigenvalue weighted by Crippen LogP contribution is -2.38. The quantitative estimate of drug-likeness (QED) is 0.720. The number of aromatic hydroxyl groups is 1. The Morgan fingerprint density at radius 2 is 2.45 bits per heavy atom. The Morgan fingerprint density at radius 1 is 1.59 bits per heavy atom. The van der Waals surface area contributed by atoms with Crippen molar-refractivity contribution in [2.45, 2.75) is 24.9 Å². The summed E-state index contributed by atoms with van der Waals surface area (Å²) in [5.74, 6) is -0.235. The molecule has 1 aromatic carbocycles. The van der Waals surface area contributed by atoms with Crippen LogP contribution in [0.15, 0.2) is 35.6 Å². The lowest BCUT2D eigenvalue weighted by Gasteiger charge is -2.20. The summed E-state index contributed by atoms with van der Waals surface area (Å²) in [6.07, 6.45) is 3.49. The summed E-state index contributed by atoms with van der Waals surface area (Å²) < 4.78 is 5.37. The number of ether oxygens (including phenoxy) is 1. The molecule has 3 N–H and O–H groups in total. The molecule has 2 heterocycles. The van der Waals surface area contributed by atoms with Gasteiger partial charge in [-0.2, -0.15) is 4.98 Å². The topological polar surface area (TPSA) is 87.2 Å². The lowest BCUT2D eigenvalue weighted by molar-refractivity contribution is 0.189. The van der Waals surface area contributed by atoms with E-state index in [0.717, 1.165) is 18.6 Å². The fourth-order valence-corrected chi connectivity index (χ4v) is 2.85. The fourth-order valence-electron chi connectivity index (χ4n) is 2.85. The van der Waals surface area contributed by atoms with E-state index in [4.69, 9.17) is 4.74 Å². The Morgan fingerprint density at radius 3 is 3.18 bits per heavy atom. The first-order chi connectivity index (χ1) is 10.7. The van der Waals surface area contributed by atoms with Crippen molar-refractivity contribution in [1.29, 1.82) is 0 Å². The van der Waals surface area contributed by atoms with Crippen LogP contribution in [0.5, 0.6) is 5.88 Å². The molecule has 2 aromatic rings. The minimum atomic E-state index is -0.552. The second kappa shape index (κ2) is 6.29. The molecule has 0 spiro atoms. The average molecular weight is 301 g/mol. The van der Waals surface area contributed by atoms with E-state index in [-0.39, 0.29) is 11.9 Å². The van der Waals surface area contributed by atoms with Gasteiger partial charge < -0.3 is 20.1 Å². The highest BCUT2D eigenvalue weighted by atomic mass is 16.5. The maximum atomic E-state index is 11.4. The van der Waals surface area contributed by atoms with E-state index in [0.29, 0.717) is 30.0 Å². The monoisotopic (exact) mass is 301 g/mol. The summed E-state index contributed by atoms with van der Waals surface area (Å²) in [5, 5.41) is 14.1. The first-order valence-corrected chi connectivity index (χ1v) is 7.34. The van der Waals surface area contributed by atoms with Gasteiger partial charge in [0.1, 0.15) is 0 Å². The number of hydrogen-bond acceptors (Lipinski definition) is 5. The number of aromatic nitrogens is 2. The van der Waals surface area contributed by atoms with Crippen LogP contribution >= 0.6 is 0 Å². The molecule has 0 aliphatic carbocycles. The molecule has 1 saturated heterocycles. The van der Waals surface area contributed by atoms with Crippen LogP contribution in [0.2, 0.25) is 0 Å². The van der Waals surface area contributed by atoms with Crippen molar-refractivity contribution >= 4 is 10.9 Å². The number of nitrogens with one attached hydrogen (secondary N) is 2. The molecular weight excluding hydrogens is 282 g/mol. The van der Waals surface area contributed by atoms with Crippen LogP contribution in [0, 0.1) is 0 Å². The first kappa shape index (κ1) is 14.7. The summed E-state index contributed by atoms with van der Waals surface area (Å²) in [6.45, 7) is 5.36. The van der Waals surface area contributed by atoms with Gasteiger partial charge in [-0.05, 0) is 24.5 Å². The molecule has 6 heteroatoms. The Hall–Kier alpha value is -2.18. The molecule has 1 unspecified atom stereocenters. The summed E-state index contributed by atoms with van der Waals surface area (Å²) >= 11 is 0. The molecule has 0 bridgehead atoms. The number of fused-ring (bicyclic) bond motifs is 1. The second-order valence-corrected chi connectivity index (χ2v) is 5.48. The molecule has 0 saturated carbocycles. The van der Waals surface area contributed by atoms with E-state index < -0.39 is 5.69 Å². The normalized spacial score (nSPS) is 19.4. The highest BCUT2D eigenvalue weighted by Crippen LogP contribution is 2.24. The van der Waals surface area contributed by atoms with Gasteiger partial charge in [-0.1, -0.05) is 18.2 Å². The maximum Gasteiger partial charge on any atom is 0.348 e. The van der Waals surface area contributed by atoms with Gasteiger partial charge in [0.15, 0.2) is 0 Å². The second-order valence-electron chi connectivity index (χ2n) is 5.48. The van der Waals surface area contributed by atoms with Gasteiger partial charge in [-0.25, -0.2) is 4.79 Å². The average Bonchev–Trinajstić information content (AvgIpc) is 2.99. The molecule has 0 radical (unpaired) electrons. The van der Waals surface area contributed by atoms with Crippen molar-refractivity contribution in [2.75, 3.05) is 13.2 Å². The van der Waals surface area contributed by atoms with Crippen molar-refractivity contribution in [3.8, 4) is 5.88 Å². The minimum Gasteiger partial charge on any atom is -0.493 e. The predicted octanol–water partition coefficient (Wildman–Crippen LogP) is 1.10. The highest BCUT2D eigenvalue weighted by molar-refractivity contribution is 5.86. The maximum absolute atomic E-state index is 11.4. The molecule has 22 heavy (non-hydrogen) atoms. The summed E-state index contributed by atoms with van der Waals surface area (Å²) in [6, 6.07) is 5.91. The van der Waals surface area contributed by atoms with Crippen LogP contribution in [0.1, 0.15) is 12.0 Å². The van der Waals surface area contributed by atoms with Crippen molar-refractivity contribution in [3.05, 3.63) is 46.9 Å². The molecule has 3 rings (SSSR count). The third-order valence-corrected chi connectivity index (χ3v) is 3.93. The zero-order valence-corrected chi connectivity index (χ0v) is 12.2. The molecule has 1 aromatic heterocycles. The summed E-state index contributed by atoms with van der Waals surface area (Å²) in [7, 11) is 0. The zero-order valence-electron chi connectivity index (χ0n) is 12.2. The largest absolute Gasteiger partial charge is 0.493 e. The SMILES string of the molecule is C=C[C@H](Cc1cccc2[nH]c(=O)nc(O)c12)NC1CCOC1. The van der Waals surface area contributed by atoms with Gasteiger partial charge in [0, 0.05) is 18.7 Å². The first-order valence-electron chi connectivity index (χ1n) is 7.34. The van der Waals surface area contributed by atoms with Crippen LogP contribution in [0.4, 0.5) is 0 Å². The number of rotatable bonds is 5. The standard InChI is InChI=1S/C16H19N3O3/c1-2-11(17-12-6-7-22-9-12)8-10-4-3-5-13-14(10)15(20)19-16(21)18-13/h2-5,11-12,17H,1,6-9H2,(H2,18,19,20,21)/t11-,12?/m1/s1. The van der Waals surface area contributed by atoms with E-state index in [1.165, 1.54) is 0 Å². The molecule has 6 nitrogen and oxygen atoms in total. The predicted molar refractivity (Wildman–Crippen MR) is 84.1 cm³/mol. The Balaban J connectivity index is 1.88. The van der Waals surface area contributed by atoms with Crippen LogP contribution in [0.25, 0.3) is 10.9 Å². The molecule has 1 fully saturated rings. The fraction of sp³-hybridized carbons (Fsp3) is 0.375. The van der Waals surface area contributed by atoms with E-state index >= 15 is 0 Å².